The van der Waals surface area contributed by atoms with Crippen molar-refractivity contribution >= 4 is 34.3 Å². The molecule has 10 nitrogen and oxygen atoms in total. The van der Waals surface area contributed by atoms with E-state index in [2.05, 4.69) is 15.4 Å². The number of primary amides is 1. The number of nitrogens with one attached hydrogen (secondary N) is 1. The van der Waals surface area contributed by atoms with Gasteiger partial charge in [0.1, 0.15) is 47.2 Å². The topological polar surface area (TPSA) is 142 Å². The molecule has 1 aliphatic carbocycles. The summed E-state index contributed by atoms with van der Waals surface area (Å²) in [5.74, 6) is -3.17. The van der Waals surface area contributed by atoms with Crippen LogP contribution in [0.2, 0.25) is 5.02 Å². The SMILES string of the molecule is COc1cc(C(=O)NCC(O)(c2cc3c(c(-c4ccc(F)c(Cl)c4)n2)OC[C@@]3(CF)C(N)=O)C(F)(F)F)cc2cn(C3CC3)nc12. The minimum Gasteiger partial charge on any atom is -0.494 e. The molecular formula is C30H25ClF5N5O5. The van der Waals surface area contributed by atoms with E-state index in [4.69, 9.17) is 26.8 Å². The van der Waals surface area contributed by atoms with Crippen LogP contribution in [0.3, 0.4) is 0 Å². The van der Waals surface area contributed by atoms with Gasteiger partial charge in [-0.2, -0.15) is 18.3 Å². The number of amides is 2. The van der Waals surface area contributed by atoms with Gasteiger partial charge in [-0.05, 0) is 49.2 Å². The predicted octanol–water partition coefficient (Wildman–Crippen LogP) is 4.50. The number of pyridine rings is 1. The van der Waals surface area contributed by atoms with E-state index < -0.39 is 76.6 Å². The van der Waals surface area contributed by atoms with E-state index in [0.717, 1.165) is 31.0 Å². The summed E-state index contributed by atoms with van der Waals surface area (Å²) < 4.78 is 85.2. The first kappa shape index (κ1) is 31.5. The fourth-order valence-electron chi connectivity index (χ4n) is 5.32. The lowest BCUT2D eigenvalue weighted by Crippen LogP contribution is -2.52. The molecule has 3 heterocycles. The molecule has 1 aliphatic heterocycles. The molecule has 16 heteroatoms. The van der Waals surface area contributed by atoms with Gasteiger partial charge in [0.25, 0.3) is 5.91 Å². The van der Waals surface area contributed by atoms with Crippen LogP contribution in [0.25, 0.3) is 22.2 Å². The maximum atomic E-state index is 14.8. The van der Waals surface area contributed by atoms with Gasteiger partial charge in [-0.15, -0.1) is 0 Å². The van der Waals surface area contributed by atoms with Crippen LogP contribution in [-0.4, -0.2) is 64.8 Å². The Balaban J connectivity index is 1.42. The number of ether oxygens (including phenoxy) is 2. The second-order valence-corrected chi connectivity index (χ2v) is 11.6. The zero-order chi connectivity index (χ0) is 33.2. The number of hydrogen-bond donors (Lipinski definition) is 3. The number of benzene rings is 2. The molecular weight excluding hydrogens is 641 g/mol. The molecule has 1 fully saturated rings. The minimum atomic E-state index is -5.48. The van der Waals surface area contributed by atoms with Crippen LogP contribution in [0.4, 0.5) is 22.0 Å². The molecule has 1 unspecified atom stereocenters. The van der Waals surface area contributed by atoms with Crippen molar-refractivity contribution in [3.05, 3.63) is 70.3 Å². The Bertz CT molecular complexity index is 1900. The van der Waals surface area contributed by atoms with Crippen molar-refractivity contribution in [3.8, 4) is 22.8 Å². The summed E-state index contributed by atoms with van der Waals surface area (Å²) in [5.41, 5.74) is -2.25. The van der Waals surface area contributed by atoms with Crippen LogP contribution in [0.15, 0.2) is 42.6 Å². The quantitative estimate of drug-likeness (QED) is 0.224. The Morgan fingerprint density at radius 1 is 1.24 bits per heavy atom. The van der Waals surface area contributed by atoms with Gasteiger partial charge in [-0.1, -0.05) is 11.6 Å². The van der Waals surface area contributed by atoms with Crippen molar-refractivity contribution in [2.45, 2.75) is 36.1 Å². The number of halogens is 6. The summed E-state index contributed by atoms with van der Waals surface area (Å²) in [7, 11) is 1.35. The molecule has 2 amide bonds. The fourth-order valence-corrected chi connectivity index (χ4v) is 5.50. The first-order valence-corrected chi connectivity index (χ1v) is 14.2. The molecule has 46 heavy (non-hydrogen) atoms. The Morgan fingerprint density at radius 2 is 1.98 bits per heavy atom. The molecule has 2 aliphatic rings. The molecule has 1 saturated carbocycles. The number of rotatable bonds is 9. The number of nitrogens with zero attached hydrogens (tertiary/aromatic N) is 3. The van der Waals surface area contributed by atoms with Crippen LogP contribution in [-0.2, 0) is 15.8 Å². The Kier molecular flexibility index (Phi) is 7.59. The number of aliphatic hydroxyl groups is 1. The number of hydrogen-bond acceptors (Lipinski definition) is 7. The number of methoxy groups -OCH3 is 1. The summed E-state index contributed by atoms with van der Waals surface area (Å²) in [6.07, 6.45) is -1.90. The van der Waals surface area contributed by atoms with Gasteiger partial charge < -0.3 is 25.6 Å². The number of carbonyl (C=O) groups excluding carboxylic acids is 2. The second kappa shape index (κ2) is 11.1. The minimum absolute atomic E-state index is 0.0654. The van der Waals surface area contributed by atoms with Gasteiger partial charge >= 0.3 is 6.18 Å². The van der Waals surface area contributed by atoms with Crippen molar-refractivity contribution in [2.75, 3.05) is 26.9 Å². The third kappa shape index (κ3) is 5.07. The molecule has 0 bridgehead atoms. The standard InChI is InChI=1S/C30H25ClF5N5O5/c1-45-21-8-15(6-16-10-41(17-3-4-17)40-23(16)21)26(42)38-12-29(44,30(34,35)36)22-9-18-25(46-13-28(18,11-32)27(37)43)24(39-22)14-2-5-20(33)19(31)7-14/h2,5-10,17,44H,3-4,11-13H2,1H3,(H2,37,43)(H,38,42)/t28-,29?/m1/s1. The molecule has 2 aromatic heterocycles. The Labute approximate surface area is 262 Å². The summed E-state index contributed by atoms with van der Waals surface area (Å²) >= 11 is 5.90. The van der Waals surface area contributed by atoms with E-state index in [-0.39, 0.29) is 28.7 Å². The van der Waals surface area contributed by atoms with E-state index in [9.17, 15) is 36.6 Å². The average Bonchev–Trinajstić information content (AvgIpc) is 3.66. The van der Waals surface area contributed by atoms with Crippen LogP contribution < -0.4 is 20.5 Å². The molecule has 4 N–H and O–H groups in total. The van der Waals surface area contributed by atoms with Crippen molar-refractivity contribution in [1.29, 1.82) is 0 Å². The van der Waals surface area contributed by atoms with Crippen molar-refractivity contribution in [1.82, 2.24) is 20.1 Å². The summed E-state index contributed by atoms with van der Waals surface area (Å²) in [6.45, 7) is -3.58. The van der Waals surface area contributed by atoms with Gasteiger partial charge in [0.15, 0.2) is 0 Å². The lowest BCUT2D eigenvalue weighted by molar-refractivity contribution is -0.265. The van der Waals surface area contributed by atoms with Crippen molar-refractivity contribution in [2.24, 2.45) is 5.73 Å². The molecule has 2 atom stereocenters. The zero-order valence-electron chi connectivity index (χ0n) is 23.9. The van der Waals surface area contributed by atoms with E-state index >= 15 is 0 Å². The Morgan fingerprint density at radius 3 is 2.59 bits per heavy atom. The molecule has 6 rings (SSSR count). The predicted molar refractivity (Wildman–Crippen MR) is 154 cm³/mol. The Hall–Kier alpha value is -4.50. The largest absolute Gasteiger partial charge is 0.494 e. The van der Waals surface area contributed by atoms with Crippen LogP contribution in [0.1, 0.15) is 40.5 Å². The van der Waals surface area contributed by atoms with E-state index in [1.54, 1.807) is 10.9 Å². The molecule has 0 spiro atoms. The normalized spacial score (nSPS) is 19.0. The number of fused-ring (bicyclic) bond motifs is 2. The van der Waals surface area contributed by atoms with E-state index in [1.807, 2.05) is 0 Å². The maximum absolute atomic E-state index is 14.8. The highest BCUT2D eigenvalue weighted by atomic mass is 35.5. The number of carbonyl (C=O) groups is 2. The monoisotopic (exact) mass is 665 g/mol. The van der Waals surface area contributed by atoms with Crippen LogP contribution in [0, 0.1) is 5.82 Å². The highest BCUT2D eigenvalue weighted by Gasteiger charge is 2.58. The van der Waals surface area contributed by atoms with E-state index in [0.29, 0.717) is 17.0 Å². The highest BCUT2D eigenvalue weighted by molar-refractivity contribution is 6.31. The smallest absolute Gasteiger partial charge is 0.424 e. The maximum Gasteiger partial charge on any atom is 0.424 e. The summed E-state index contributed by atoms with van der Waals surface area (Å²) in [6, 6.07) is 6.69. The summed E-state index contributed by atoms with van der Waals surface area (Å²) in [5, 5.41) is 17.9. The third-order valence-electron chi connectivity index (χ3n) is 8.24. The first-order chi connectivity index (χ1) is 21.7. The van der Waals surface area contributed by atoms with Gasteiger partial charge in [0.2, 0.25) is 11.5 Å². The second-order valence-electron chi connectivity index (χ2n) is 11.2. The number of nitrogens with two attached hydrogens (primary N) is 1. The van der Waals surface area contributed by atoms with E-state index in [1.165, 1.54) is 19.2 Å². The van der Waals surface area contributed by atoms with Crippen LogP contribution in [0.5, 0.6) is 11.5 Å². The van der Waals surface area contributed by atoms with Gasteiger partial charge in [-0.25, -0.2) is 13.8 Å². The first-order valence-electron chi connectivity index (χ1n) is 13.9. The van der Waals surface area contributed by atoms with Gasteiger partial charge in [0.05, 0.1) is 30.4 Å². The third-order valence-corrected chi connectivity index (χ3v) is 8.53. The average molecular weight is 666 g/mol. The van der Waals surface area contributed by atoms with Crippen LogP contribution >= 0.6 is 11.6 Å². The molecule has 0 saturated heterocycles. The lowest BCUT2D eigenvalue weighted by atomic mass is 9.81. The van der Waals surface area contributed by atoms with Gasteiger partial charge in [0, 0.05) is 28.3 Å². The molecule has 242 valence electrons. The highest BCUT2D eigenvalue weighted by Crippen LogP contribution is 2.48. The molecule has 2 aromatic carbocycles. The molecule has 4 aromatic rings. The lowest BCUT2D eigenvalue weighted by Gasteiger charge is -2.31. The van der Waals surface area contributed by atoms with Crippen molar-refractivity contribution in [3.63, 3.8) is 0 Å². The van der Waals surface area contributed by atoms with Gasteiger partial charge in [-0.3, -0.25) is 14.3 Å². The zero-order valence-corrected chi connectivity index (χ0v) is 24.7. The fraction of sp³-hybridized carbons (Fsp3) is 0.333. The number of alkyl halides is 4. The molecule has 0 radical (unpaired) electrons. The summed E-state index contributed by atoms with van der Waals surface area (Å²) in [4.78, 5) is 29.7. The number of aromatic nitrogens is 3. The van der Waals surface area contributed by atoms with Crippen molar-refractivity contribution < 1.29 is 46.1 Å².